The van der Waals surface area contributed by atoms with Crippen molar-refractivity contribution in [2.24, 2.45) is 0 Å². The molecule has 0 bridgehead atoms. The van der Waals surface area contributed by atoms with Gasteiger partial charge in [0.15, 0.2) is 0 Å². The standard InChI is InChI=1S/C11H12N2O2/c14-10-4-2-6-13(11(10)15)8-9-3-1-5-12-7-9/h1,3,5,7H,2,4,6,8H2. The summed E-state index contributed by atoms with van der Waals surface area (Å²) in [5.41, 5.74) is 0.959. The van der Waals surface area contributed by atoms with Crippen molar-refractivity contribution in [1.82, 2.24) is 9.88 Å². The summed E-state index contributed by atoms with van der Waals surface area (Å²) in [7, 11) is 0. The number of Topliss-reactive ketones (excluding diaryl/α,β-unsaturated/α-hetero) is 1. The molecule has 1 aliphatic rings. The maximum absolute atomic E-state index is 11.5. The van der Waals surface area contributed by atoms with Crippen LogP contribution in [0.4, 0.5) is 0 Å². The molecular formula is C11H12N2O2. The number of rotatable bonds is 2. The van der Waals surface area contributed by atoms with E-state index in [0.717, 1.165) is 12.0 Å². The van der Waals surface area contributed by atoms with Gasteiger partial charge in [0, 0.05) is 31.9 Å². The van der Waals surface area contributed by atoms with Gasteiger partial charge < -0.3 is 4.90 Å². The number of hydrogen-bond donors (Lipinski definition) is 0. The predicted octanol–water partition coefficient (Wildman–Crippen LogP) is 0.773. The van der Waals surface area contributed by atoms with Gasteiger partial charge in [-0.3, -0.25) is 14.6 Å². The van der Waals surface area contributed by atoms with Crippen molar-refractivity contribution in [2.45, 2.75) is 19.4 Å². The number of aromatic nitrogens is 1. The zero-order chi connectivity index (χ0) is 10.7. The fourth-order valence-electron chi connectivity index (χ4n) is 1.68. The number of likely N-dealkylation sites (tertiary alicyclic amines) is 1. The maximum Gasteiger partial charge on any atom is 0.290 e. The van der Waals surface area contributed by atoms with Gasteiger partial charge in [0.1, 0.15) is 0 Å². The third-order valence-electron chi connectivity index (χ3n) is 2.45. The van der Waals surface area contributed by atoms with Crippen LogP contribution in [0.25, 0.3) is 0 Å². The molecule has 1 saturated heterocycles. The van der Waals surface area contributed by atoms with Gasteiger partial charge in [-0.2, -0.15) is 0 Å². The van der Waals surface area contributed by atoms with Crippen molar-refractivity contribution in [2.75, 3.05) is 6.54 Å². The van der Waals surface area contributed by atoms with Gasteiger partial charge in [-0.05, 0) is 18.1 Å². The summed E-state index contributed by atoms with van der Waals surface area (Å²) >= 11 is 0. The highest BCUT2D eigenvalue weighted by molar-refractivity contribution is 6.36. The highest BCUT2D eigenvalue weighted by Gasteiger charge is 2.25. The number of nitrogens with zero attached hydrogens (tertiary/aromatic N) is 2. The minimum atomic E-state index is -0.356. The maximum atomic E-state index is 11.5. The molecular weight excluding hydrogens is 192 g/mol. The predicted molar refractivity (Wildman–Crippen MR) is 53.9 cm³/mol. The van der Waals surface area contributed by atoms with Crippen LogP contribution in [0.3, 0.4) is 0 Å². The van der Waals surface area contributed by atoms with E-state index in [0.29, 0.717) is 19.5 Å². The number of carbonyl (C=O) groups is 2. The molecule has 0 aliphatic carbocycles. The first-order valence-corrected chi connectivity index (χ1v) is 4.98. The van der Waals surface area contributed by atoms with Crippen LogP contribution in [0.15, 0.2) is 24.5 Å². The number of hydrogen-bond acceptors (Lipinski definition) is 3. The summed E-state index contributed by atoms with van der Waals surface area (Å²) in [6, 6.07) is 3.73. The van der Waals surface area contributed by atoms with Crippen LogP contribution in [0.5, 0.6) is 0 Å². The minimum absolute atomic E-state index is 0.273. The Bertz CT molecular complexity index is 375. The van der Waals surface area contributed by atoms with Gasteiger partial charge in [0.2, 0.25) is 5.78 Å². The first-order valence-electron chi connectivity index (χ1n) is 4.98. The molecule has 1 fully saturated rings. The topological polar surface area (TPSA) is 50.3 Å². The van der Waals surface area contributed by atoms with Gasteiger partial charge >= 0.3 is 0 Å². The van der Waals surface area contributed by atoms with Crippen molar-refractivity contribution in [3.63, 3.8) is 0 Å². The third kappa shape index (κ3) is 2.21. The molecule has 2 heterocycles. The highest BCUT2D eigenvalue weighted by Crippen LogP contribution is 2.11. The van der Waals surface area contributed by atoms with Crippen molar-refractivity contribution in [3.05, 3.63) is 30.1 Å². The summed E-state index contributed by atoms with van der Waals surface area (Å²) in [6.45, 7) is 1.15. The molecule has 0 N–H and O–H groups in total. The molecule has 2 rings (SSSR count). The largest absolute Gasteiger partial charge is 0.332 e. The van der Waals surface area contributed by atoms with Crippen LogP contribution in [-0.2, 0) is 16.1 Å². The van der Waals surface area contributed by atoms with Gasteiger partial charge in [-0.15, -0.1) is 0 Å². The van der Waals surface area contributed by atoms with Crippen molar-refractivity contribution in [1.29, 1.82) is 0 Å². The Kier molecular flexibility index (Phi) is 2.76. The Balaban J connectivity index is 2.06. The summed E-state index contributed by atoms with van der Waals surface area (Å²) in [4.78, 5) is 28.2. The lowest BCUT2D eigenvalue weighted by molar-refractivity contribution is -0.147. The summed E-state index contributed by atoms with van der Waals surface area (Å²) in [6.07, 6.45) is 4.56. The molecule has 0 saturated carbocycles. The monoisotopic (exact) mass is 204 g/mol. The van der Waals surface area contributed by atoms with Crippen LogP contribution in [0.2, 0.25) is 0 Å². The summed E-state index contributed by atoms with van der Waals surface area (Å²) in [5, 5.41) is 0. The number of pyridine rings is 1. The van der Waals surface area contributed by atoms with Crippen molar-refractivity contribution in [3.8, 4) is 0 Å². The van der Waals surface area contributed by atoms with E-state index in [1.807, 2.05) is 12.1 Å². The van der Waals surface area contributed by atoms with E-state index >= 15 is 0 Å². The third-order valence-corrected chi connectivity index (χ3v) is 2.45. The van der Waals surface area contributed by atoms with E-state index in [4.69, 9.17) is 0 Å². The zero-order valence-electron chi connectivity index (χ0n) is 8.35. The Morgan fingerprint density at radius 1 is 1.40 bits per heavy atom. The van der Waals surface area contributed by atoms with Crippen LogP contribution >= 0.6 is 0 Å². The molecule has 4 nitrogen and oxygen atoms in total. The molecule has 78 valence electrons. The number of ketones is 1. The fourth-order valence-corrected chi connectivity index (χ4v) is 1.68. The van der Waals surface area contributed by atoms with E-state index in [1.54, 1.807) is 17.3 Å². The van der Waals surface area contributed by atoms with E-state index in [2.05, 4.69) is 4.98 Å². The van der Waals surface area contributed by atoms with Crippen LogP contribution in [0.1, 0.15) is 18.4 Å². The van der Waals surface area contributed by atoms with E-state index in [1.165, 1.54) is 0 Å². The first-order chi connectivity index (χ1) is 7.27. The van der Waals surface area contributed by atoms with E-state index in [9.17, 15) is 9.59 Å². The van der Waals surface area contributed by atoms with E-state index < -0.39 is 0 Å². The Hall–Kier alpha value is -1.71. The lowest BCUT2D eigenvalue weighted by Crippen LogP contribution is -2.40. The SMILES string of the molecule is O=C1CCCN(Cc2cccnc2)C1=O. The smallest absolute Gasteiger partial charge is 0.290 e. The summed E-state index contributed by atoms with van der Waals surface area (Å²) < 4.78 is 0. The highest BCUT2D eigenvalue weighted by atomic mass is 16.2. The lowest BCUT2D eigenvalue weighted by atomic mass is 10.1. The Labute approximate surface area is 87.9 Å². The molecule has 1 aliphatic heterocycles. The number of amides is 1. The van der Waals surface area contributed by atoms with Gasteiger partial charge in [-0.1, -0.05) is 6.07 Å². The van der Waals surface area contributed by atoms with Crippen molar-refractivity contribution < 1.29 is 9.59 Å². The lowest BCUT2D eigenvalue weighted by Gasteiger charge is -2.25. The molecule has 0 spiro atoms. The molecule has 1 aromatic heterocycles. The molecule has 0 radical (unpaired) electrons. The van der Waals surface area contributed by atoms with Gasteiger partial charge in [0.05, 0.1) is 0 Å². The number of piperidine rings is 1. The van der Waals surface area contributed by atoms with Crippen LogP contribution in [0, 0.1) is 0 Å². The first kappa shape index (κ1) is 9.83. The molecule has 0 atom stereocenters. The quantitative estimate of drug-likeness (QED) is 0.669. The minimum Gasteiger partial charge on any atom is -0.332 e. The normalized spacial score (nSPS) is 16.9. The van der Waals surface area contributed by atoms with Gasteiger partial charge in [0.25, 0.3) is 5.91 Å². The van der Waals surface area contributed by atoms with Crippen LogP contribution < -0.4 is 0 Å². The molecule has 1 aromatic rings. The molecule has 1 amide bonds. The molecule has 0 aromatic carbocycles. The van der Waals surface area contributed by atoms with E-state index in [-0.39, 0.29) is 11.7 Å². The molecule has 15 heavy (non-hydrogen) atoms. The Morgan fingerprint density at radius 3 is 3.00 bits per heavy atom. The van der Waals surface area contributed by atoms with Crippen molar-refractivity contribution >= 4 is 11.7 Å². The second-order valence-electron chi connectivity index (χ2n) is 3.61. The van der Waals surface area contributed by atoms with Crippen LogP contribution in [-0.4, -0.2) is 28.1 Å². The second-order valence-corrected chi connectivity index (χ2v) is 3.61. The number of carbonyl (C=O) groups excluding carboxylic acids is 2. The summed E-state index contributed by atoms with van der Waals surface area (Å²) in [5.74, 6) is -0.629. The Morgan fingerprint density at radius 2 is 2.27 bits per heavy atom. The molecule has 0 unspecified atom stereocenters. The average Bonchev–Trinajstić information content (AvgIpc) is 2.26. The second kappa shape index (κ2) is 4.21. The average molecular weight is 204 g/mol. The fraction of sp³-hybridized carbons (Fsp3) is 0.364. The molecule has 4 heteroatoms. The van der Waals surface area contributed by atoms with Gasteiger partial charge in [-0.25, -0.2) is 0 Å². The zero-order valence-corrected chi connectivity index (χ0v) is 8.35.